The number of carbonyl (C=O) groups is 1. The number of hydrogen-bond donors (Lipinski definition) is 2. The molecule has 3 nitrogen and oxygen atoms in total. The summed E-state index contributed by atoms with van der Waals surface area (Å²) in [6.45, 7) is 1.96. The van der Waals surface area contributed by atoms with Crippen molar-refractivity contribution in [3.05, 3.63) is 64.2 Å². The van der Waals surface area contributed by atoms with Crippen LogP contribution in [0.4, 0.5) is 5.69 Å². The Balaban J connectivity index is 2.29. The average molecular weight is 305 g/mol. The number of rotatable bonds is 3. The van der Waals surface area contributed by atoms with Gasteiger partial charge in [-0.05, 0) is 37.3 Å². The van der Waals surface area contributed by atoms with Crippen LogP contribution < -0.4 is 11.1 Å². The first kappa shape index (κ1) is 14.5. The fourth-order valence-corrected chi connectivity index (χ4v) is 2.08. The van der Waals surface area contributed by atoms with Crippen LogP contribution in [0.1, 0.15) is 21.5 Å². The lowest BCUT2D eigenvalue weighted by atomic mass is 10.1. The summed E-state index contributed by atoms with van der Waals surface area (Å²) >= 11 is 10.9. The molecular weight excluding hydrogens is 292 g/mol. The quantitative estimate of drug-likeness (QED) is 0.853. The van der Waals surface area contributed by atoms with E-state index in [9.17, 15) is 4.79 Å². The fourth-order valence-electron chi connectivity index (χ4n) is 1.73. The number of nitrogens with two attached hydrogens (primary N) is 1. The molecule has 0 spiro atoms. The second-order valence-corrected chi connectivity index (χ2v) is 5.25. The van der Waals surface area contributed by atoms with Crippen molar-refractivity contribution < 1.29 is 4.79 Å². The van der Waals surface area contributed by atoms with Crippen molar-refractivity contribution in [2.75, 3.05) is 5.32 Å². The van der Waals surface area contributed by atoms with Gasteiger partial charge in [0.15, 0.2) is 0 Å². The van der Waals surface area contributed by atoms with Crippen LogP contribution in [0.3, 0.4) is 0 Å². The lowest BCUT2D eigenvalue weighted by molar-refractivity contribution is 0.102. The average Bonchev–Trinajstić information content (AvgIpc) is 2.39. The molecule has 0 atom stereocenters. The molecule has 0 unspecified atom stereocenters. The van der Waals surface area contributed by atoms with E-state index in [1.807, 2.05) is 19.1 Å². The first-order chi connectivity index (χ1) is 9.47. The van der Waals surface area contributed by atoms with Crippen LogP contribution in [-0.4, -0.2) is 10.9 Å². The molecule has 0 fully saturated rings. The van der Waals surface area contributed by atoms with Gasteiger partial charge >= 0.3 is 0 Å². The maximum atomic E-state index is 12.2. The Labute approximate surface area is 127 Å². The minimum atomic E-state index is -0.232. The Morgan fingerprint density at radius 2 is 1.85 bits per heavy atom. The third-order valence-corrected chi connectivity index (χ3v) is 3.26. The second kappa shape index (κ2) is 6.03. The summed E-state index contributed by atoms with van der Waals surface area (Å²) in [6.07, 6.45) is 0. The Hall–Kier alpha value is -1.91. The minimum absolute atomic E-state index is 0.209. The molecule has 3 N–H and O–H groups in total. The number of halogens is 1. The molecule has 0 saturated carbocycles. The number of anilines is 1. The molecule has 0 bridgehead atoms. The zero-order chi connectivity index (χ0) is 14.7. The van der Waals surface area contributed by atoms with Crippen molar-refractivity contribution in [2.45, 2.75) is 6.92 Å². The predicted molar refractivity (Wildman–Crippen MR) is 86.5 cm³/mol. The van der Waals surface area contributed by atoms with Crippen LogP contribution in [0.15, 0.2) is 42.5 Å². The van der Waals surface area contributed by atoms with Gasteiger partial charge in [-0.3, -0.25) is 4.79 Å². The van der Waals surface area contributed by atoms with Gasteiger partial charge in [-0.25, -0.2) is 0 Å². The molecule has 0 aliphatic rings. The van der Waals surface area contributed by atoms with Crippen LogP contribution in [0.25, 0.3) is 0 Å². The number of nitrogens with one attached hydrogen (secondary N) is 1. The molecule has 0 aromatic heterocycles. The van der Waals surface area contributed by atoms with Crippen molar-refractivity contribution in [1.29, 1.82) is 0 Å². The zero-order valence-corrected chi connectivity index (χ0v) is 12.4. The minimum Gasteiger partial charge on any atom is -0.389 e. The van der Waals surface area contributed by atoms with E-state index in [-0.39, 0.29) is 10.9 Å². The summed E-state index contributed by atoms with van der Waals surface area (Å²) in [7, 11) is 0. The molecule has 0 saturated heterocycles. The third-order valence-electron chi connectivity index (χ3n) is 2.81. The summed E-state index contributed by atoms with van der Waals surface area (Å²) < 4.78 is 0. The van der Waals surface area contributed by atoms with Crippen molar-refractivity contribution in [3.8, 4) is 0 Å². The van der Waals surface area contributed by atoms with Gasteiger partial charge in [0.1, 0.15) is 4.99 Å². The van der Waals surface area contributed by atoms with E-state index in [1.165, 1.54) is 0 Å². The number of hydrogen-bond acceptors (Lipinski definition) is 2. The lowest BCUT2D eigenvalue weighted by Crippen LogP contribution is -2.17. The summed E-state index contributed by atoms with van der Waals surface area (Å²) in [4.78, 5) is 12.4. The molecule has 2 aromatic rings. The SMILES string of the molecule is Cc1ccc(C(=O)Nc2cc(Cl)ccc2C(N)=S)cc1. The Bertz CT molecular complexity index is 668. The molecule has 2 rings (SSSR count). The van der Waals surface area contributed by atoms with Crippen LogP contribution in [-0.2, 0) is 0 Å². The van der Waals surface area contributed by atoms with E-state index >= 15 is 0 Å². The normalized spacial score (nSPS) is 10.1. The molecule has 5 heteroatoms. The zero-order valence-electron chi connectivity index (χ0n) is 10.8. The highest BCUT2D eigenvalue weighted by molar-refractivity contribution is 7.80. The standard InChI is InChI=1S/C15H13ClN2OS/c1-9-2-4-10(5-3-9)15(19)18-13-8-11(16)6-7-12(13)14(17)20/h2-8H,1H3,(H2,17,20)(H,18,19). The molecule has 0 radical (unpaired) electrons. The van der Waals surface area contributed by atoms with Crippen LogP contribution >= 0.6 is 23.8 Å². The Morgan fingerprint density at radius 1 is 1.20 bits per heavy atom. The molecular formula is C15H13ClN2OS. The summed E-state index contributed by atoms with van der Waals surface area (Å²) in [6, 6.07) is 12.3. The maximum absolute atomic E-state index is 12.2. The highest BCUT2D eigenvalue weighted by Crippen LogP contribution is 2.22. The first-order valence-electron chi connectivity index (χ1n) is 5.95. The lowest BCUT2D eigenvalue weighted by Gasteiger charge is -2.11. The predicted octanol–water partition coefficient (Wildman–Crippen LogP) is 3.53. The van der Waals surface area contributed by atoms with Gasteiger partial charge in [-0.2, -0.15) is 0 Å². The van der Waals surface area contributed by atoms with Gasteiger partial charge in [-0.1, -0.05) is 41.5 Å². The number of thiocarbonyl (C=S) groups is 1. The summed E-state index contributed by atoms with van der Waals surface area (Å²) in [5.41, 5.74) is 8.38. The molecule has 2 aromatic carbocycles. The molecule has 102 valence electrons. The van der Waals surface area contributed by atoms with Crippen molar-refractivity contribution in [3.63, 3.8) is 0 Å². The molecule has 0 heterocycles. The van der Waals surface area contributed by atoms with Gasteiger partial charge in [0, 0.05) is 16.1 Å². The van der Waals surface area contributed by atoms with E-state index in [2.05, 4.69) is 5.32 Å². The van der Waals surface area contributed by atoms with E-state index < -0.39 is 0 Å². The summed E-state index contributed by atoms with van der Waals surface area (Å²) in [5.74, 6) is -0.232. The Kier molecular flexibility index (Phi) is 4.37. The Morgan fingerprint density at radius 3 is 2.45 bits per heavy atom. The number of aryl methyl sites for hydroxylation is 1. The number of carbonyl (C=O) groups excluding carboxylic acids is 1. The molecule has 0 aliphatic carbocycles. The monoisotopic (exact) mass is 304 g/mol. The van der Waals surface area contributed by atoms with Crippen molar-refractivity contribution >= 4 is 40.4 Å². The van der Waals surface area contributed by atoms with Gasteiger partial charge in [0.05, 0.1) is 5.69 Å². The van der Waals surface area contributed by atoms with Gasteiger partial charge < -0.3 is 11.1 Å². The third kappa shape index (κ3) is 3.35. The van der Waals surface area contributed by atoms with Gasteiger partial charge in [0.25, 0.3) is 5.91 Å². The maximum Gasteiger partial charge on any atom is 0.255 e. The number of amides is 1. The van der Waals surface area contributed by atoms with Gasteiger partial charge in [0.2, 0.25) is 0 Å². The van der Waals surface area contributed by atoms with E-state index in [0.29, 0.717) is 21.8 Å². The van der Waals surface area contributed by atoms with Crippen LogP contribution in [0.5, 0.6) is 0 Å². The summed E-state index contributed by atoms with van der Waals surface area (Å²) in [5, 5.41) is 3.28. The fraction of sp³-hybridized carbons (Fsp3) is 0.0667. The van der Waals surface area contributed by atoms with Crippen molar-refractivity contribution in [1.82, 2.24) is 0 Å². The number of benzene rings is 2. The largest absolute Gasteiger partial charge is 0.389 e. The van der Waals surface area contributed by atoms with Crippen LogP contribution in [0, 0.1) is 6.92 Å². The molecule has 20 heavy (non-hydrogen) atoms. The molecule has 0 aliphatic heterocycles. The highest BCUT2D eigenvalue weighted by Gasteiger charge is 2.11. The van der Waals surface area contributed by atoms with E-state index in [4.69, 9.17) is 29.6 Å². The van der Waals surface area contributed by atoms with Crippen LogP contribution in [0.2, 0.25) is 5.02 Å². The second-order valence-electron chi connectivity index (χ2n) is 4.37. The van der Waals surface area contributed by atoms with E-state index in [1.54, 1.807) is 30.3 Å². The molecule has 1 amide bonds. The topological polar surface area (TPSA) is 55.1 Å². The van der Waals surface area contributed by atoms with E-state index in [0.717, 1.165) is 5.56 Å². The highest BCUT2D eigenvalue weighted by atomic mass is 35.5. The van der Waals surface area contributed by atoms with Gasteiger partial charge in [-0.15, -0.1) is 0 Å². The first-order valence-corrected chi connectivity index (χ1v) is 6.73. The van der Waals surface area contributed by atoms with Crippen molar-refractivity contribution in [2.24, 2.45) is 5.73 Å². The smallest absolute Gasteiger partial charge is 0.255 e.